The number of anilines is 2. The fourth-order valence-corrected chi connectivity index (χ4v) is 5.79. The van der Waals surface area contributed by atoms with Gasteiger partial charge in [-0.25, -0.2) is 14.8 Å². The first-order valence-corrected chi connectivity index (χ1v) is 12.3. The number of rotatable bonds is 4. The number of hydrogen-bond donors (Lipinski definition) is 1. The van der Waals surface area contributed by atoms with Crippen molar-refractivity contribution in [3.63, 3.8) is 0 Å². The Bertz CT molecular complexity index is 910. The lowest BCUT2D eigenvalue weighted by Crippen LogP contribution is -2.50. The van der Waals surface area contributed by atoms with E-state index < -0.39 is 0 Å². The molecule has 2 aliphatic rings. The van der Waals surface area contributed by atoms with Gasteiger partial charge in [0.2, 0.25) is 5.95 Å². The fourth-order valence-electron chi connectivity index (χ4n) is 4.17. The molecule has 7 nitrogen and oxygen atoms in total. The molecule has 0 amide bonds. The summed E-state index contributed by atoms with van der Waals surface area (Å²) in [4.78, 5) is 27.1. The maximum absolute atomic E-state index is 12.8. The van der Waals surface area contributed by atoms with Crippen molar-refractivity contribution in [3.8, 4) is 0 Å². The third-order valence-corrected chi connectivity index (χ3v) is 7.34. The highest BCUT2D eigenvalue weighted by molar-refractivity contribution is 7.80. The maximum Gasteiger partial charge on any atom is 0.341 e. The highest BCUT2D eigenvalue weighted by atomic mass is 32.1. The Morgan fingerprint density at radius 3 is 2.55 bits per heavy atom. The van der Waals surface area contributed by atoms with Crippen molar-refractivity contribution in [1.82, 2.24) is 14.9 Å². The van der Waals surface area contributed by atoms with E-state index in [0.717, 1.165) is 56.4 Å². The zero-order valence-corrected chi connectivity index (χ0v) is 19.6. The number of esters is 1. The normalized spacial score (nSPS) is 16.8. The van der Waals surface area contributed by atoms with Crippen molar-refractivity contribution in [2.75, 3.05) is 43.0 Å². The van der Waals surface area contributed by atoms with Gasteiger partial charge in [-0.05, 0) is 56.5 Å². The third-order valence-electron chi connectivity index (χ3n) is 5.77. The van der Waals surface area contributed by atoms with Gasteiger partial charge in [0.1, 0.15) is 5.00 Å². The summed E-state index contributed by atoms with van der Waals surface area (Å²) in [5.74, 6) is 0.514. The quantitative estimate of drug-likeness (QED) is 0.545. The predicted octanol–water partition coefficient (Wildman–Crippen LogP) is 3.89. The van der Waals surface area contributed by atoms with Crippen LogP contribution < -0.4 is 10.2 Å². The molecule has 3 heterocycles. The molecule has 0 unspecified atom stereocenters. The number of hydrogen-bond acceptors (Lipinski definition) is 7. The Hall–Kier alpha value is -2.26. The molecule has 2 aromatic heterocycles. The number of carbonyl (C=O) groups excluding carboxylic acids is 1. The van der Waals surface area contributed by atoms with Crippen molar-refractivity contribution >= 4 is 45.6 Å². The van der Waals surface area contributed by atoms with Crippen molar-refractivity contribution < 1.29 is 9.53 Å². The van der Waals surface area contributed by atoms with Gasteiger partial charge < -0.3 is 19.9 Å². The summed E-state index contributed by atoms with van der Waals surface area (Å²) in [5.41, 5.74) is 1.86. The Morgan fingerprint density at radius 1 is 1.13 bits per heavy atom. The molecule has 9 heteroatoms. The van der Waals surface area contributed by atoms with Crippen LogP contribution in [0.1, 0.15) is 53.4 Å². The number of thiocarbonyl (C=S) groups is 1. The van der Waals surface area contributed by atoms with E-state index in [9.17, 15) is 4.79 Å². The van der Waals surface area contributed by atoms with Gasteiger partial charge in [-0.3, -0.25) is 0 Å². The van der Waals surface area contributed by atoms with Crippen LogP contribution in [0.2, 0.25) is 0 Å². The Morgan fingerprint density at radius 2 is 1.84 bits per heavy atom. The third kappa shape index (κ3) is 5.15. The zero-order valence-electron chi connectivity index (χ0n) is 17.9. The van der Waals surface area contributed by atoms with Gasteiger partial charge in [0.05, 0.1) is 12.2 Å². The van der Waals surface area contributed by atoms with E-state index in [1.165, 1.54) is 29.7 Å². The number of carbonyl (C=O) groups is 1. The van der Waals surface area contributed by atoms with Gasteiger partial charge in [-0.15, -0.1) is 11.3 Å². The van der Waals surface area contributed by atoms with Crippen LogP contribution in [0, 0.1) is 0 Å². The van der Waals surface area contributed by atoms with Crippen LogP contribution in [0.25, 0.3) is 0 Å². The number of aryl methyl sites for hydroxylation is 1. The van der Waals surface area contributed by atoms with E-state index in [2.05, 4.69) is 25.1 Å². The van der Waals surface area contributed by atoms with Crippen LogP contribution >= 0.6 is 23.6 Å². The van der Waals surface area contributed by atoms with Gasteiger partial charge in [0.15, 0.2) is 5.11 Å². The second-order valence-corrected chi connectivity index (χ2v) is 9.29. The molecule has 4 rings (SSSR count). The van der Waals surface area contributed by atoms with Gasteiger partial charge >= 0.3 is 5.97 Å². The minimum atomic E-state index is -0.239. The number of aromatic nitrogens is 2. The first kappa shape index (κ1) is 22.0. The standard InChI is InChI=1S/C22H29N5O2S2/c1-2-29-20(28)18-16-8-5-3-4-6-9-17(16)31-19(18)25-22(30)27-14-12-26(13-15-27)21-23-10-7-11-24-21/h7,10-11H,2-6,8-9,12-15H2,1H3,(H,25,30). The number of ether oxygens (including phenoxy) is 1. The van der Waals surface area contributed by atoms with Crippen LogP contribution in [-0.4, -0.2) is 58.7 Å². The topological polar surface area (TPSA) is 70.6 Å². The molecule has 2 aromatic rings. The average Bonchev–Trinajstić information content (AvgIpc) is 3.10. The summed E-state index contributed by atoms with van der Waals surface area (Å²) < 4.78 is 5.41. The largest absolute Gasteiger partial charge is 0.462 e. The minimum Gasteiger partial charge on any atom is -0.462 e. The lowest BCUT2D eigenvalue weighted by Gasteiger charge is -2.36. The Balaban J connectivity index is 1.47. The van der Waals surface area contributed by atoms with Gasteiger partial charge in [-0.2, -0.15) is 0 Å². The van der Waals surface area contributed by atoms with Gasteiger partial charge in [0.25, 0.3) is 0 Å². The molecular formula is C22H29N5O2S2. The monoisotopic (exact) mass is 459 g/mol. The van der Waals surface area contributed by atoms with Crippen LogP contribution in [0.4, 0.5) is 10.9 Å². The van der Waals surface area contributed by atoms with E-state index in [1.807, 2.05) is 13.0 Å². The summed E-state index contributed by atoms with van der Waals surface area (Å²) in [5, 5.41) is 4.90. The van der Waals surface area contributed by atoms with E-state index >= 15 is 0 Å². The molecule has 1 saturated heterocycles. The second-order valence-electron chi connectivity index (χ2n) is 7.80. The summed E-state index contributed by atoms with van der Waals surface area (Å²) in [6.45, 7) is 5.39. The minimum absolute atomic E-state index is 0.239. The summed E-state index contributed by atoms with van der Waals surface area (Å²) in [6, 6.07) is 1.82. The second kappa shape index (κ2) is 10.4. The number of nitrogens with one attached hydrogen (secondary N) is 1. The molecule has 1 N–H and O–H groups in total. The molecule has 1 aliphatic heterocycles. The predicted molar refractivity (Wildman–Crippen MR) is 128 cm³/mol. The SMILES string of the molecule is CCOC(=O)c1c(NC(=S)N2CCN(c3ncccn3)CC2)sc2c1CCCCCC2. The Kier molecular flexibility index (Phi) is 7.34. The lowest BCUT2D eigenvalue weighted by atomic mass is 9.96. The first-order chi connectivity index (χ1) is 15.2. The van der Waals surface area contributed by atoms with E-state index in [-0.39, 0.29) is 5.97 Å². The molecule has 0 saturated carbocycles. The van der Waals surface area contributed by atoms with Crippen LogP contribution in [0.5, 0.6) is 0 Å². The van der Waals surface area contributed by atoms with E-state index in [1.54, 1.807) is 23.7 Å². The van der Waals surface area contributed by atoms with E-state index in [4.69, 9.17) is 17.0 Å². The summed E-state index contributed by atoms with van der Waals surface area (Å²) in [6.07, 6.45) is 10.2. The number of thiophene rings is 1. The molecule has 1 fully saturated rings. The first-order valence-electron chi connectivity index (χ1n) is 11.1. The molecular weight excluding hydrogens is 430 g/mol. The van der Waals surface area contributed by atoms with Crippen LogP contribution in [-0.2, 0) is 17.6 Å². The number of piperazine rings is 1. The molecule has 0 radical (unpaired) electrons. The van der Waals surface area contributed by atoms with Crippen molar-refractivity contribution in [1.29, 1.82) is 0 Å². The molecule has 31 heavy (non-hydrogen) atoms. The average molecular weight is 460 g/mol. The number of fused-ring (bicyclic) bond motifs is 1. The fraction of sp³-hybridized carbons (Fsp3) is 0.545. The molecule has 0 spiro atoms. The molecule has 0 aromatic carbocycles. The van der Waals surface area contributed by atoms with E-state index in [0.29, 0.717) is 17.3 Å². The van der Waals surface area contributed by atoms with Gasteiger partial charge in [0, 0.05) is 43.4 Å². The lowest BCUT2D eigenvalue weighted by molar-refractivity contribution is 0.0526. The Labute approximate surface area is 192 Å². The van der Waals surface area contributed by atoms with Crippen LogP contribution in [0.15, 0.2) is 18.5 Å². The molecule has 1 aliphatic carbocycles. The summed E-state index contributed by atoms with van der Waals surface area (Å²) in [7, 11) is 0. The zero-order chi connectivity index (χ0) is 21.6. The van der Waals surface area contributed by atoms with Crippen LogP contribution in [0.3, 0.4) is 0 Å². The van der Waals surface area contributed by atoms with Crippen molar-refractivity contribution in [2.45, 2.75) is 45.4 Å². The van der Waals surface area contributed by atoms with Gasteiger partial charge in [-0.1, -0.05) is 12.8 Å². The maximum atomic E-state index is 12.8. The highest BCUT2D eigenvalue weighted by Crippen LogP contribution is 2.37. The molecule has 0 bridgehead atoms. The highest BCUT2D eigenvalue weighted by Gasteiger charge is 2.27. The smallest absolute Gasteiger partial charge is 0.341 e. The summed E-state index contributed by atoms with van der Waals surface area (Å²) >= 11 is 7.41. The number of nitrogens with zero attached hydrogens (tertiary/aromatic N) is 4. The van der Waals surface area contributed by atoms with Crippen molar-refractivity contribution in [3.05, 3.63) is 34.5 Å². The van der Waals surface area contributed by atoms with Crippen molar-refractivity contribution in [2.24, 2.45) is 0 Å². The molecule has 166 valence electrons. The molecule has 0 atom stereocenters.